The van der Waals surface area contributed by atoms with Crippen LogP contribution in [0, 0.1) is 45.3 Å². The van der Waals surface area contributed by atoms with E-state index in [9.17, 15) is 10.2 Å². The second kappa shape index (κ2) is 7.10. The first kappa shape index (κ1) is 24.3. The highest BCUT2D eigenvalue weighted by molar-refractivity contribution is 5.24. The van der Waals surface area contributed by atoms with Crippen molar-refractivity contribution in [3.63, 3.8) is 0 Å². The summed E-state index contributed by atoms with van der Waals surface area (Å²) in [5, 5.41) is 21.4. The van der Waals surface area contributed by atoms with E-state index >= 15 is 0 Å². The molecule has 1 heterocycles. The highest BCUT2D eigenvalue weighted by Gasteiger charge is 2.69. The topological polar surface area (TPSA) is 49.7 Å². The highest BCUT2D eigenvalue weighted by atomic mass is 16.5. The number of allylic oxidation sites excluding steroid dienone is 1. The number of aliphatic hydroxyl groups excluding tert-OH is 1. The molecule has 5 aliphatic rings. The van der Waals surface area contributed by atoms with Gasteiger partial charge in [0, 0.05) is 0 Å². The van der Waals surface area contributed by atoms with Gasteiger partial charge in [0.1, 0.15) is 0 Å². The number of hydrogen-bond donors (Lipinski definition) is 2. The predicted octanol–water partition coefficient (Wildman–Crippen LogP) is 6.52. The van der Waals surface area contributed by atoms with Crippen molar-refractivity contribution in [3.05, 3.63) is 12.2 Å². The molecule has 0 amide bonds. The molecular formula is C30H50O3. The van der Waals surface area contributed by atoms with Gasteiger partial charge in [-0.2, -0.15) is 0 Å². The van der Waals surface area contributed by atoms with Gasteiger partial charge in [-0.3, -0.25) is 0 Å². The third kappa shape index (κ3) is 3.10. The van der Waals surface area contributed by atoms with Crippen LogP contribution in [0.5, 0.6) is 0 Å². The van der Waals surface area contributed by atoms with E-state index in [0.29, 0.717) is 34.5 Å². The van der Waals surface area contributed by atoms with Crippen molar-refractivity contribution < 1.29 is 14.9 Å². The number of fused-ring (bicyclic) bond motifs is 5. The molecule has 0 spiro atoms. The summed E-state index contributed by atoms with van der Waals surface area (Å²) < 4.78 is 6.72. The van der Waals surface area contributed by atoms with E-state index in [1.54, 1.807) is 0 Å². The van der Waals surface area contributed by atoms with Crippen molar-refractivity contribution in [1.82, 2.24) is 0 Å². The van der Waals surface area contributed by atoms with Gasteiger partial charge in [0.05, 0.1) is 23.4 Å². The van der Waals surface area contributed by atoms with Crippen LogP contribution >= 0.6 is 0 Å². The van der Waals surface area contributed by atoms with Crippen molar-refractivity contribution in [2.24, 2.45) is 45.3 Å². The normalized spacial score (nSPS) is 55.7. The maximum absolute atomic E-state index is 10.8. The molecule has 1 aliphatic heterocycles. The monoisotopic (exact) mass is 458 g/mol. The summed E-state index contributed by atoms with van der Waals surface area (Å²) in [5.41, 5.74) is -0.0973. The third-order valence-corrected chi connectivity index (χ3v) is 12.8. The Kier molecular flexibility index (Phi) is 5.23. The molecule has 0 aromatic carbocycles. The minimum atomic E-state index is -0.763. The molecule has 4 aliphatic carbocycles. The van der Waals surface area contributed by atoms with E-state index in [1.165, 1.54) is 38.5 Å². The van der Waals surface area contributed by atoms with Gasteiger partial charge in [-0.15, -0.1) is 0 Å². The van der Waals surface area contributed by atoms with Crippen molar-refractivity contribution in [3.8, 4) is 0 Å². The molecule has 0 bridgehead atoms. The Morgan fingerprint density at radius 2 is 1.45 bits per heavy atom. The van der Waals surface area contributed by atoms with Crippen molar-refractivity contribution in [2.75, 3.05) is 0 Å². The molecule has 3 nitrogen and oxygen atoms in total. The smallest absolute Gasteiger partial charge is 0.0865 e. The Bertz CT molecular complexity index is 825. The van der Waals surface area contributed by atoms with Crippen molar-refractivity contribution in [1.29, 1.82) is 0 Å². The lowest BCUT2D eigenvalue weighted by atomic mass is 9.36. The van der Waals surface area contributed by atoms with Crippen LogP contribution < -0.4 is 0 Å². The van der Waals surface area contributed by atoms with Crippen LogP contribution in [0.2, 0.25) is 0 Å². The zero-order valence-electron chi connectivity index (χ0n) is 22.6. The molecule has 1 saturated heterocycles. The van der Waals surface area contributed by atoms with Gasteiger partial charge in [-0.25, -0.2) is 0 Å². The number of aliphatic hydroxyl groups is 2. The molecule has 4 fully saturated rings. The summed E-state index contributed by atoms with van der Waals surface area (Å²) in [4.78, 5) is 0. The van der Waals surface area contributed by atoms with Gasteiger partial charge >= 0.3 is 0 Å². The van der Waals surface area contributed by atoms with Gasteiger partial charge in [0.2, 0.25) is 0 Å². The van der Waals surface area contributed by atoms with Gasteiger partial charge in [0.25, 0.3) is 0 Å². The quantitative estimate of drug-likeness (QED) is 0.463. The van der Waals surface area contributed by atoms with Crippen LogP contribution in [0.1, 0.15) is 107 Å². The average molecular weight is 459 g/mol. The Hall–Kier alpha value is -0.380. The van der Waals surface area contributed by atoms with E-state index in [0.717, 1.165) is 12.8 Å². The lowest BCUT2D eigenvalue weighted by Gasteiger charge is -2.68. The molecule has 10 atom stereocenters. The van der Waals surface area contributed by atoms with Crippen LogP contribution in [0.15, 0.2) is 12.2 Å². The molecule has 2 N–H and O–H groups in total. The third-order valence-electron chi connectivity index (χ3n) is 12.8. The van der Waals surface area contributed by atoms with Gasteiger partial charge < -0.3 is 14.9 Å². The van der Waals surface area contributed by atoms with Crippen LogP contribution in [0.25, 0.3) is 0 Å². The fraction of sp³-hybridized carbons (Fsp3) is 0.933. The lowest BCUT2D eigenvalue weighted by molar-refractivity contribution is -0.198. The summed E-state index contributed by atoms with van der Waals surface area (Å²) in [6, 6.07) is 0. The Morgan fingerprint density at radius 3 is 2.09 bits per heavy atom. The minimum absolute atomic E-state index is 0.0448. The van der Waals surface area contributed by atoms with E-state index < -0.39 is 5.60 Å². The maximum Gasteiger partial charge on any atom is 0.0865 e. The zero-order valence-corrected chi connectivity index (χ0v) is 22.6. The van der Waals surface area contributed by atoms with Gasteiger partial charge in [0.15, 0.2) is 0 Å². The van der Waals surface area contributed by atoms with Crippen LogP contribution in [-0.2, 0) is 4.74 Å². The Labute approximate surface area is 202 Å². The molecule has 3 saturated carbocycles. The maximum atomic E-state index is 10.8. The second-order valence-corrected chi connectivity index (χ2v) is 14.9. The standard InChI is InChI=1S/C30H50O3/c1-25(2)21-12-17-29(7)22(27(21,5)15-13-23(25)31)10-9-19-20(11-16-28(19,29)6)30(8)18-14-24(33-30)26(3,4)32/h13,15,19-24,31-32H,9-12,14,16-18H2,1-8H3. The predicted molar refractivity (Wildman–Crippen MR) is 134 cm³/mol. The first-order valence-corrected chi connectivity index (χ1v) is 13.9. The van der Waals surface area contributed by atoms with E-state index in [1.807, 2.05) is 13.8 Å². The number of hydrogen-bond acceptors (Lipinski definition) is 3. The molecule has 33 heavy (non-hydrogen) atoms. The summed E-state index contributed by atoms with van der Waals surface area (Å²) in [6.45, 7) is 18.5. The summed E-state index contributed by atoms with van der Waals surface area (Å²) >= 11 is 0. The molecule has 10 unspecified atom stereocenters. The largest absolute Gasteiger partial charge is 0.388 e. The number of ether oxygens (including phenoxy) is 1. The summed E-state index contributed by atoms with van der Waals surface area (Å²) in [7, 11) is 0. The molecule has 3 heteroatoms. The fourth-order valence-electron chi connectivity index (χ4n) is 10.6. The molecule has 0 radical (unpaired) electrons. The lowest BCUT2D eigenvalue weighted by Crippen LogP contribution is -2.63. The molecule has 0 aromatic rings. The molecule has 188 valence electrons. The first-order chi connectivity index (χ1) is 15.1. The van der Waals surface area contributed by atoms with Gasteiger partial charge in [-0.1, -0.05) is 46.8 Å². The van der Waals surface area contributed by atoms with Crippen LogP contribution in [0.3, 0.4) is 0 Å². The second-order valence-electron chi connectivity index (χ2n) is 14.9. The van der Waals surface area contributed by atoms with Gasteiger partial charge in [-0.05, 0) is 117 Å². The highest BCUT2D eigenvalue weighted by Crippen LogP contribution is 2.75. The Morgan fingerprint density at radius 1 is 0.788 bits per heavy atom. The molecule has 5 rings (SSSR count). The molecular weight excluding hydrogens is 408 g/mol. The van der Waals surface area contributed by atoms with Crippen LogP contribution in [0.4, 0.5) is 0 Å². The first-order valence-electron chi connectivity index (χ1n) is 13.9. The number of rotatable bonds is 2. The van der Waals surface area contributed by atoms with Crippen LogP contribution in [-0.4, -0.2) is 33.6 Å². The van der Waals surface area contributed by atoms with Crippen molar-refractivity contribution >= 4 is 0 Å². The fourth-order valence-corrected chi connectivity index (χ4v) is 10.6. The summed E-state index contributed by atoms with van der Waals surface area (Å²) in [5.74, 6) is 2.52. The average Bonchev–Trinajstić information content (AvgIpc) is 3.27. The molecule has 0 aromatic heterocycles. The summed E-state index contributed by atoms with van der Waals surface area (Å²) in [6.07, 6.45) is 13.9. The SMILES string of the molecule is CC(C)(O)C1CCC(C)(C2CCC3(C)C2CCC2C4(C)C=CC(O)C(C)(C)C4CCC23C)O1. The van der Waals surface area contributed by atoms with E-state index in [-0.39, 0.29) is 28.6 Å². The minimum Gasteiger partial charge on any atom is -0.388 e. The van der Waals surface area contributed by atoms with Crippen molar-refractivity contribution in [2.45, 2.75) is 130 Å². The Balaban J connectivity index is 1.46. The van der Waals surface area contributed by atoms with E-state index in [2.05, 4.69) is 53.7 Å². The van der Waals surface area contributed by atoms with E-state index in [4.69, 9.17) is 4.74 Å². The zero-order chi connectivity index (χ0) is 24.2.